The molecule has 4 N–H and O–H groups in total. The van der Waals surface area contributed by atoms with E-state index in [1.54, 1.807) is 12.5 Å². The molecular formula is C15H19ClN4O3S. The van der Waals surface area contributed by atoms with Gasteiger partial charge in [-0.05, 0) is 17.7 Å². The third kappa shape index (κ3) is 5.80. The number of nitrogens with zero attached hydrogens (tertiary/aromatic N) is 1. The van der Waals surface area contributed by atoms with Gasteiger partial charge in [0.2, 0.25) is 5.91 Å². The maximum absolute atomic E-state index is 11.8. The van der Waals surface area contributed by atoms with Crippen molar-refractivity contribution in [2.24, 2.45) is 5.73 Å². The summed E-state index contributed by atoms with van der Waals surface area (Å²) in [6, 6.07) is 7.36. The monoisotopic (exact) mass is 370 g/mol. The number of methoxy groups -OCH3 is 1. The van der Waals surface area contributed by atoms with Gasteiger partial charge in [0, 0.05) is 18.5 Å². The molecule has 0 fully saturated rings. The number of benzene rings is 1. The Labute approximate surface area is 150 Å². The molecule has 0 spiro atoms. The average molecular weight is 371 g/mol. The van der Waals surface area contributed by atoms with Gasteiger partial charge < -0.3 is 21.1 Å². The molecule has 0 aliphatic rings. The lowest BCUT2D eigenvalue weighted by atomic mass is 10.2. The van der Waals surface area contributed by atoms with Crippen LogP contribution in [-0.2, 0) is 17.9 Å². The molecule has 0 saturated carbocycles. The number of thiazole rings is 1. The van der Waals surface area contributed by atoms with Crippen LogP contribution in [0.5, 0.6) is 5.75 Å². The van der Waals surface area contributed by atoms with Crippen LogP contribution < -0.4 is 21.1 Å². The van der Waals surface area contributed by atoms with Crippen molar-refractivity contribution in [3.05, 3.63) is 45.9 Å². The molecule has 2 amide bonds. The van der Waals surface area contributed by atoms with Crippen LogP contribution in [0.15, 0.2) is 29.6 Å². The van der Waals surface area contributed by atoms with Crippen molar-refractivity contribution >= 4 is 35.6 Å². The standard InChI is InChI=1S/C15H18N4O3S.ClH/c1-22-11-4-2-10(3-5-11)7-17-13(20)8-18-15(21)12-9-23-14(6-16)19-12;/h2-5,9H,6-8,16H2,1H3,(H,17,20)(H,18,21);1H. The van der Waals surface area contributed by atoms with Gasteiger partial charge in [0.1, 0.15) is 16.5 Å². The molecule has 1 aromatic carbocycles. The molecule has 1 aromatic heterocycles. The Kier molecular flexibility index (Phi) is 8.17. The lowest BCUT2D eigenvalue weighted by Crippen LogP contribution is -2.36. The minimum atomic E-state index is -0.388. The van der Waals surface area contributed by atoms with Crippen LogP contribution >= 0.6 is 23.7 Å². The summed E-state index contributed by atoms with van der Waals surface area (Å²) in [4.78, 5) is 27.6. The van der Waals surface area contributed by atoms with Crippen molar-refractivity contribution in [3.8, 4) is 5.75 Å². The topological polar surface area (TPSA) is 106 Å². The smallest absolute Gasteiger partial charge is 0.271 e. The first-order valence-corrected chi connectivity index (χ1v) is 7.82. The molecule has 9 heteroatoms. The van der Waals surface area contributed by atoms with Gasteiger partial charge in [0.15, 0.2) is 0 Å². The van der Waals surface area contributed by atoms with E-state index in [9.17, 15) is 9.59 Å². The lowest BCUT2D eigenvalue weighted by Gasteiger charge is -2.07. The lowest BCUT2D eigenvalue weighted by molar-refractivity contribution is -0.120. The molecule has 0 aliphatic carbocycles. The number of carbonyl (C=O) groups is 2. The largest absolute Gasteiger partial charge is 0.497 e. The maximum atomic E-state index is 11.8. The Hall–Kier alpha value is -2.16. The summed E-state index contributed by atoms with van der Waals surface area (Å²) in [5.41, 5.74) is 6.66. The Morgan fingerprint density at radius 1 is 1.25 bits per heavy atom. The van der Waals surface area contributed by atoms with E-state index < -0.39 is 0 Å². The summed E-state index contributed by atoms with van der Waals surface area (Å²) < 4.78 is 5.06. The van der Waals surface area contributed by atoms with Crippen molar-refractivity contribution < 1.29 is 14.3 Å². The molecule has 0 bridgehead atoms. The zero-order valence-electron chi connectivity index (χ0n) is 13.1. The molecule has 7 nitrogen and oxygen atoms in total. The molecule has 0 saturated heterocycles. The Balaban J connectivity index is 0.00000288. The van der Waals surface area contributed by atoms with E-state index in [0.717, 1.165) is 11.3 Å². The van der Waals surface area contributed by atoms with Crippen LogP contribution in [0.4, 0.5) is 0 Å². The van der Waals surface area contributed by atoms with Crippen LogP contribution in [0.25, 0.3) is 0 Å². The van der Waals surface area contributed by atoms with Gasteiger partial charge >= 0.3 is 0 Å². The number of aromatic nitrogens is 1. The average Bonchev–Trinajstić information content (AvgIpc) is 3.07. The van der Waals surface area contributed by atoms with E-state index >= 15 is 0 Å². The quantitative estimate of drug-likeness (QED) is 0.676. The SMILES string of the molecule is COc1ccc(CNC(=O)CNC(=O)c2csc(CN)n2)cc1.Cl. The summed E-state index contributed by atoms with van der Waals surface area (Å²) in [6.45, 7) is 0.567. The molecule has 24 heavy (non-hydrogen) atoms. The van der Waals surface area contributed by atoms with Crippen molar-refractivity contribution in [1.82, 2.24) is 15.6 Å². The maximum Gasteiger partial charge on any atom is 0.271 e. The normalized spacial score (nSPS) is 9.75. The number of amides is 2. The van der Waals surface area contributed by atoms with E-state index in [4.69, 9.17) is 10.5 Å². The van der Waals surface area contributed by atoms with Crippen LogP contribution in [-0.4, -0.2) is 30.5 Å². The van der Waals surface area contributed by atoms with Gasteiger partial charge in [-0.25, -0.2) is 4.98 Å². The molecule has 0 aliphatic heterocycles. The van der Waals surface area contributed by atoms with Crippen molar-refractivity contribution in [2.75, 3.05) is 13.7 Å². The van der Waals surface area contributed by atoms with Crippen LogP contribution in [0, 0.1) is 0 Å². The zero-order valence-corrected chi connectivity index (χ0v) is 14.7. The number of hydrogen-bond donors (Lipinski definition) is 3. The van der Waals surface area contributed by atoms with E-state index in [-0.39, 0.29) is 36.5 Å². The highest BCUT2D eigenvalue weighted by atomic mass is 35.5. The van der Waals surface area contributed by atoms with Crippen LogP contribution in [0.3, 0.4) is 0 Å². The fourth-order valence-electron chi connectivity index (χ4n) is 1.77. The Bertz CT molecular complexity index is 676. The van der Waals surface area contributed by atoms with Gasteiger partial charge in [0.25, 0.3) is 5.91 Å². The Morgan fingerprint density at radius 3 is 2.54 bits per heavy atom. The van der Waals surface area contributed by atoms with Gasteiger partial charge in [-0.1, -0.05) is 12.1 Å². The number of halogens is 1. The third-order valence-electron chi connectivity index (χ3n) is 3.02. The second-order valence-corrected chi connectivity index (χ2v) is 5.58. The van der Waals surface area contributed by atoms with Crippen LogP contribution in [0.2, 0.25) is 0 Å². The van der Waals surface area contributed by atoms with Crippen molar-refractivity contribution in [1.29, 1.82) is 0 Å². The molecule has 2 aromatic rings. The minimum Gasteiger partial charge on any atom is -0.497 e. The first-order chi connectivity index (χ1) is 11.1. The third-order valence-corrected chi connectivity index (χ3v) is 3.89. The second-order valence-electron chi connectivity index (χ2n) is 4.64. The molecule has 0 unspecified atom stereocenters. The number of hydrogen-bond acceptors (Lipinski definition) is 6. The fourth-order valence-corrected chi connectivity index (χ4v) is 2.42. The predicted octanol–water partition coefficient (Wildman–Crippen LogP) is 1.08. The molecule has 1 heterocycles. The summed E-state index contributed by atoms with van der Waals surface area (Å²) in [5.74, 6) is 0.0939. The van der Waals surface area contributed by atoms with E-state index in [2.05, 4.69) is 15.6 Å². The summed E-state index contributed by atoms with van der Waals surface area (Å²) in [6.07, 6.45) is 0. The minimum absolute atomic E-state index is 0. The number of nitrogens with one attached hydrogen (secondary N) is 2. The Morgan fingerprint density at radius 2 is 1.96 bits per heavy atom. The second kappa shape index (κ2) is 9.86. The van der Waals surface area contributed by atoms with E-state index in [1.165, 1.54) is 11.3 Å². The molecule has 0 radical (unpaired) electrons. The molecule has 0 atom stereocenters. The number of nitrogens with two attached hydrogens (primary N) is 1. The summed E-state index contributed by atoms with van der Waals surface area (Å²) >= 11 is 1.31. The van der Waals surface area contributed by atoms with Gasteiger partial charge in [-0.3, -0.25) is 9.59 Å². The van der Waals surface area contributed by atoms with Gasteiger partial charge in [-0.2, -0.15) is 0 Å². The molecule has 130 valence electrons. The number of carbonyl (C=O) groups excluding carboxylic acids is 2. The van der Waals surface area contributed by atoms with Crippen molar-refractivity contribution in [2.45, 2.75) is 13.1 Å². The van der Waals surface area contributed by atoms with E-state index in [0.29, 0.717) is 18.1 Å². The highest BCUT2D eigenvalue weighted by Gasteiger charge is 2.11. The summed E-state index contributed by atoms with van der Waals surface area (Å²) in [5, 5.41) is 7.55. The highest BCUT2D eigenvalue weighted by molar-refractivity contribution is 7.09. The van der Waals surface area contributed by atoms with Crippen LogP contribution in [0.1, 0.15) is 21.1 Å². The highest BCUT2D eigenvalue weighted by Crippen LogP contribution is 2.11. The first kappa shape index (κ1) is 19.9. The number of rotatable bonds is 7. The predicted molar refractivity (Wildman–Crippen MR) is 94.4 cm³/mol. The first-order valence-electron chi connectivity index (χ1n) is 6.94. The number of ether oxygens (including phenoxy) is 1. The zero-order chi connectivity index (χ0) is 16.7. The summed E-state index contributed by atoms with van der Waals surface area (Å²) in [7, 11) is 1.60. The molecule has 2 rings (SSSR count). The van der Waals surface area contributed by atoms with Gasteiger partial charge in [0.05, 0.1) is 13.7 Å². The fraction of sp³-hybridized carbons (Fsp3) is 0.267. The molecular weight excluding hydrogens is 352 g/mol. The van der Waals surface area contributed by atoms with Crippen molar-refractivity contribution in [3.63, 3.8) is 0 Å². The van der Waals surface area contributed by atoms with E-state index in [1.807, 2.05) is 24.3 Å². The van der Waals surface area contributed by atoms with Gasteiger partial charge in [-0.15, -0.1) is 23.7 Å².